The van der Waals surface area contributed by atoms with Crippen molar-refractivity contribution in [2.24, 2.45) is 5.92 Å². The summed E-state index contributed by atoms with van der Waals surface area (Å²) in [6.07, 6.45) is 7.93. The highest BCUT2D eigenvalue weighted by molar-refractivity contribution is 5.86. The van der Waals surface area contributed by atoms with Gasteiger partial charge in [-0.15, -0.1) is 0 Å². The van der Waals surface area contributed by atoms with Gasteiger partial charge in [-0.3, -0.25) is 9.36 Å². The Kier molecular flexibility index (Phi) is 6.68. The summed E-state index contributed by atoms with van der Waals surface area (Å²) >= 11 is 0. The van der Waals surface area contributed by atoms with Crippen LogP contribution in [-0.2, 0) is 16.1 Å². The quantitative estimate of drug-likeness (QED) is 0.744. The average molecular weight is 460 g/mol. The van der Waals surface area contributed by atoms with Crippen molar-refractivity contribution in [1.82, 2.24) is 24.7 Å². The van der Waals surface area contributed by atoms with Crippen molar-refractivity contribution in [1.29, 1.82) is 0 Å². The summed E-state index contributed by atoms with van der Waals surface area (Å²) in [7, 11) is 0. The van der Waals surface area contributed by atoms with Gasteiger partial charge in [0.1, 0.15) is 17.5 Å². The van der Waals surface area contributed by atoms with E-state index in [1.54, 1.807) is 10.8 Å². The lowest BCUT2D eigenvalue weighted by Gasteiger charge is -2.39. The van der Waals surface area contributed by atoms with Crippen LogP contribution >= 0.6 is 0 Å². The Morgan fingerprint density at radius 3 is 2.39 bits per heavy atom. The summed E-state index contributed by atoms with van der Waals surface area (Å²) < 4.78 is 7.14. The van der Waals surface area contributed by atoms with Crippen molar-refractivity contribution in [2.75, 3.05) is 13.1 Å². The fourth-order valence-electron chi connectivity index (χ4n) is 5.40. The van der Waals surface area contributed by atoms with Gasteiger partial charge in [0.25, 0.3) is 0 Å². The van der Waals surface area contributed by atoms with Crippen LogP contribution in [0.1, 0.15) is 77.2 Å². The third-order valence-corrected chi connectivity index (χ3v) is 7.06. The number of likely N-dealkylation sites (tertiary alicyclic amines) is 1. The van der Waals surface area contributed by atoms with Crippen LogP contribution in [0.25, 0.3) is 0 Å². The molecule has 9 heteroatoms. The first-order valence-electron chi connectivity index (χ1n) is 12.3. The monoisotopic (exact) mass is 459 g/mol. The summed E-state index contributed by atoms with van der Waals surface area (Å²) in [6, 6.07) is -0.469. The molecule has 182 valence electrons. The lowest BCUT2D eigenvalue weighted by molar-refractivity contribution is -0.136. The van der Waals surface area contributed by atoms with Crippen molar-refractivity contribution in [2.45, 2.75) is 96.9 Å². The number of piperidine rings is 1. The molecule has 1 saturated carbocycles. The third kappa shape index (κ3) is 5.17. The second-order valence-corrected chi connectivity index (χ2v) is 10.6. The molecule has 1 aromatic heterocycles. The van der Waals surface area contributed by atoms with Crippen LogP contribution < -0.4 is 5.32 Å². The largest absolute Gasteiger partial charge is 0.444 e. The lowest BCUT2D eigenvalue weighted by atomic mass is 9.83. The van der Waals surface area contributed by atoms with Gasteiger partial charge in [-0.25, -0.2) is 14.6 Å². The predicted molar refractivity (Wildman–Crippen MR) is 123 cm³/mol. The highest BCUT2D eigenvalue weighted by atomic mass is 16.6. The van der Waals surface area contributed by atoms with Gasteiger partial charge in [0.15, 0.2) is 0 Å². The zero-order chi connectivity index (χ0) is 23.8. The van der Waals surface area contributed by atoms with E-state index in [2.05, 4.69) is 10.3 Å². The van der Waals surface area contributed by atoms with E-state index in [9.17, 15) is 14.4 Å². The van der Waals surface area contributed by atoms with Crippen molar-refractivity contribution in [3.05, 3.63) is 17.7 Å². The van der Waals surface area contributed by atoms with E-state index in [1.165, 1.54) is 6.42 Å². The molecular formula is C24H37N5O4. The fourth-order valence-corrected chi connectivity index (χ4v) is 5.40. The maximum atomic E-state index is 13.5. The van der Waals surface area contributed by atoms with Gasteiger partial charge in [-0.1, -0.05) is 19.3 Å². The zero-order valence-electron chi connectivity index (χ0n) is 20.3. The summed E-state index contributed by atoms with van der Waals surface area (Å²) in [5.74, 6) is 0.831. The zero-order valence-corrected chi connectivity index (χ0v) is 20.3. The number of rotatable bonds is 4. The second kappa shape index (κ2) is 9.35. The van der Waals surface area contributed by atoms with Crippen LogP contribution in [0.15, 0.2) is 6.20 Å². The lowest BCUT2D eigenvalue weighted by Crippen LogP contribution is -2.56. The second-order valence-electron chi connectivity index (χ2n) is 10.6. The Labute approximate surface area is 195 Å². The topological polar surface area (TPSA) is 96.8 Å². The Morgan fingerprint density at radius 1 is 1.12 bits per heavy atom. The van der Waals surface area contributed by atoms with Crippen LogP contribution in [0.3, 0.4) is 0 Å². The summed E-state index contributed by atoms with van der Waals surface area (Å²) in [5, 5.41) is 2.90. The number of nitrogens with zero attached hydrogens (tertiary/aromatic N) is 4. The summed E-state index contributed by atoms with van der Waals surface area (Å²) in [4.78, 5) is 46.9. The molecule has 1 aromatic rings. The Balaban J connectivity index is 1.38. The number of alkyl carbamates (subject to hydrolysis) is 1. The van der Waals surface area contributed by atoms with Gasteiger partial charge in [-0.05, 0) is 59.3 Å². The summed E-state index contributed by atoms with van der Waals surface area (Å²) in [5.41, 5.74) is 0.312. The minimum absolute atomic E-state index is 0.0172. The molecule has 33 heavy (non-hydrogen) atoms. The molecule has 1 atom stereocenters. The number of nitrogens with one attached hydrogen (secondary N) is 1. The number of aryl methyl sites for hydroxylation is 1. The Hall–Kier alpha value is -2.58. The Morgan fingerprint density at radius 2 is 1.79 bits per heavy atom. The van der Waals surface area contributed by atoms with Crippen LogP contribution in [0.4, 0.5) is 9.59 Å². The minimum atomic E-state index is -0.613. The number of hydrogen-bond donors (Lipinski definition) is 1. The van der Waals surface area contributed by atoms with E-state index in [0.717, 1.165) is 44.2 Å². The van der Waals surface area contributed by atoms with Crippen LogP contribution in [0, 0.1) is 12.8 Å². The smallest absolute Gasteiger partial charge is 0.408 e. The van der Waals surface area contributed by atoms with E-state index in [0.29, 0.717) is 25.5 Å². The number of amides is 3. The standard InChI is InChI=1S/C24H37N5O4/c1-16-25-14-19-15-28(23(32)29(16)19)18-10-12-27(13-11-18)21(30)20(17-8-6-5-7-9-17)26-22(31)33-24(2,3)4/h14,17-18,20H,5-13,15H2,1-4H3,(H,26,31)/t20-/m1/s1. The molecule has 9 nitrogen and oxygen atoms in total. The first-order valence-corrected chi connectivity index (χ1v) is 12.3. The molecule has 0 radical (unpaired) electrons. The number of imidazole rings is 1. The van der Waals surface area contributed by atoms with Gasteiger partial charge in [0.05, 0.1) is 18.4 Å². The maximum Gasteiger partial charge on any atom is 0.408 e. The molecule has 3 aliphatic rings. The van der Waals surface area contributed by atoms with E-state index in [4.69, 9.17) is 4.74 Å². The molecule has 0 aromatic carbocycles. The Bertz CT molecular complexity index is 891. The van der Waals surface area contributed by atoms with E-state index < -0.39 is 17.7 Å². The fraction of sp³-hybridized carbons (Fsp3) is 0.750. The number of carbonyl (C=O) groups excluding carboxylic acids is 3. The van der Waals surface area contributed by atoms with Crippen molar-refractivity contribution in [3.63, 3.8) is 0 Å². The number of ether oxygens (including phenoxy) is 1. The first kappa shape index (κ1) is 23.6. The number of aromatic nitrogens is 2. The molecule has 2 aliphatic heterocycles. The number of carbonyl (C=O) groups is 3. The van der Waals surface area contributed by atoms with Gasteiger partial charge < -0.3 is 19.9 Å². The molecule has 3 amide bonds. The highest BCUT2D eigenvalue weighted by Crippen LogP contribution is 2.30. The molecule has 0 unspecified atom stereocenters. The molecule has 0 bridgehead atoms. The van der Waals surface area contributed by atoms with Crippen molar-refractivity contribution >= 4 is 18.0 Å². The SMILES string of the molecule is Cc1ncc2n1C(=O)N(C1CCN(C(=O)[C@H](NC(=O)OC(C)(C)C)C3CCCCC3)CC1)C2. The maximum absolute atomic E-state index is 13.5. The van der Waals surface area contributed by atoms with Gasteiger partial charge in [-0.2, -0.15) is 0 Å². The molecule has 1 aliphatic carbocycles. The highest BCUT2D eigenvalue weighted by Gasteiger charge is 2.39. The molecule has 1 saturated heterocycles. The molecular weight excluding hydrogens is 422 g/mol. The van der Waals surface area contributed by atoms with Crippen LogP contribution in [0.2, 0.25) is 0 Å². The normalized spacial score (nSPS) is 21.2. The van der Waals surface area contributed by atoms with Crippen molar-refractivity contribution < 1.29 is 19.1 Å². The number of fused-ring (bicyclic) bond motifs is 1. The predicted octanol–water partition coefficient (Wildman–Crippen LogP) is 3.44. The molecule has 3 heterocycles. The molecule has 4 rings (SSSR count). The summed E-state index contributed by atoms with van der Waals surface area (Å²) in [6.45, 7) is 9.05. The van der Waals surface area contributed by atoms with Crippen LogP contribution in [0.5, 0.6) is 0 Å². The molecule has 2 fully saturated rings. The molecule has 0 spiro atoms. The number of hydrogen-bond acceptors (Lipinski definition) is 5. The van der Waals surface area contributed by atoms with Gasteiger partial charge in [0, 0.05) is 19.1 Å². The third-order valence-electron chi connectivity index (χ3n) is 7.06. The van der Waals surface area contributed by atoms with E-state index in [-0.39, 0.29) is 23.9 Å². The van der Waals surface area contributed by atoms with Gasteiger partial charge in [0.2, 0.25) is 5.91 Å². The van der Waals surface area contributed by atoms with E-state index >= 15 is 0 Å². The minimum Gasteiger partial charge on any atom is -0.444 e. The van der Waals surface area contributed by atoms with Gasteiger partial charge >= 0.3 is 12.1 Å². The molecule has 1 N–H and O–H groups in total. The average Bonchev–Trinajstić information content (AvgIpc) is 3.30. The van der Waals surface area contributed by atoms with E-state index in [1.807, 2.05) is 37.5 Å². The van der Waals surface area contributed by atoms with Crippen LogP contribution in [-0.4, -0.2) is 68.2 Å². The van der Waals surface area contributed by atoms with Crippen molar-refractivity contribution in [3.8, 4) is 0 Å². The first-order chi connectivity index (χ1) is 15.6.